The third kappa shape index (κ3) is 5.32. The molecule has 1 aromatic carbocycles. The van der Waals surface area contributed by atoms with E-state index in [9.17, 15) is 14.4 Å². The number of nitrogens with one attached hydrogen (secondary N) is 1. The summed E-state index contributed by atoms with van der Waals surface area (Å²) in [5.41, 5.74) is 1.55. The molecular weight excluding hydrogens is 356 g/mol. The van der Waals surface area contributed by atoms with Crippen LogP contribution < -0.4 is 5.32 Å². The smallest absolute Gasteiger partial charge is 0.341 e. The van der Waals surface area contributed by atoms with Crippen molar-refractivity contribution in [1.82, 2.24) is 10.3 Å². The molecule has 8 heteroatoms. The molecule has 0 saturated carbocycles. The van der Waals surface area contributed by atoms with Gasteiger partial charge >= 0.3 is 11.9 Å². The Morgan fingerprint density at radius 2 is 1.85 bits per heavy atom. The Kier molecular flexibility index (Phi) is 7.16. The first kappa shape index (κ1) is 19.5. The molecule has 0 fully saturated rings. The van der Waals surface area contributed by atoms with Crippen molar-refractivity contribution >= 4 is 29.6 Å². The molecule has 1 heterocycles. The second-order valence-electron chi connectivity index (χ2n) is 5.10. The number of rotatable bonds is 7. The average molecular weight is 374 g/mol. The molecule has 0 aliphatic carbocycles. The van der Waals surface area contributed by atoms with Crippen molar-refractivity contribution in [3.05, 3.63) is 59.3 Å². The maximum absolute atomic E-state index is 12.0. The van der Waals surface area contributed by atoms with Gasteiger partial charge in [-0.2, -0.15) is 0 Å². The molecule has 0 radical (unpaired) electrons. The van der Waals surface area contributed by atoms with E-state index in [0.717, 1.165) is 5.56 Å². The van der Waals surface area contributed by atoms with Gasteiger partial charge in [-0.1, -0.05) is 12.1 Å². The Labute approximate surface area is 155 Å². The standard InChI is InChI=1S/C18H18N2O5S/c1-24-17(22)13-7-5-12(6-8-13)10-20-15(21)11-25-18(23)14-4-3-9-19-16(14)26-2/h3-9H,10-11H2,1-2H3,(H,20,21). The fourth-order valence-corrected chi connectivity index (χ4v) is 2.58. The number of benzene rings is 1. The zero-order valence-electron chi connectivity index (χ0n) is 14.4. The first-order chi connectivity index (χ1) is 12.5. The summed E-state index contributed by atoms with van der Waals surface area (Å²) in [6.45, 7) is -0.136. The van der Waals surface area contributed by atoms with Crippen LogP contribution in [0.25, 0.3) is 0 Å². The van der Waals surface area contributed by atoms with E-state index in [4.69, 9.17) is 4.74 Å². The molecule has 0 bridgehead atoms. The number of ether oxygens (including phenoxy) is 2. The molecular formula is C18H18N2O5S. The molecule has 0 aliphatic heterocycles. The number of thioether (sulfide) groups is 1. The minimum atomic E-state index is -0.597. The minimum absolute atomic E-state index is 0.251. The van der Waals surface area contributed by atoms with E-state index in [0.29, 0.717) is 16.2 Å². The summed E-state index contributed by atoms with van der Waals surface area (Å²) < 4.78 is 9.64. The van der Waals surface area contributed by atoms with Crippen LogP contribution in [0.4, 0.5) is 0 Å². The first-order valence-electron chi connectivity index (χ1n) is 7.65. The number of nitrogens with zero attached hydrogens (tertiary/aromatic N) is 1. The highest BCUT2D eigenvalue weighted by atomic mass is 32.2. The average Bonchev–Trinajstić information content (AvgIpc) is 2.70. The largest absolute Gasteiger partial charge is 0.465 e. The number of aromatic nitrogens is 1. The number of hydrogen-bond donors (Lipinski definition) is 1. The topological polar surface area (TPSA) is 94.6 Å². The van der Waals surface area contributed by atoms with E-state index in [1.54, 1.807) is 48.9 Å². The summed E-state index contributed by atoms with van der Waals surface area (Å²) in [5, 5.41) is 3.19. The van der Waals surface area contributed by atoms with E-state index in [1.165, 1.54) is 18.9 Å². The lowest BCUT2D eigenvalue weighted by Gasteiger charge is -2.08. The fourth-order valence-electron chi connectivity index (χ4n) is 2.05. The third-order valence-corrected chi connectivity index (χ3v) is 4.10. The summed E-state index contributed by atoms with van der Waals surface area (Å²) in [4.78, 5) is 39.3. The van der Waals surface area contributed by atoms with Gasteiger partial charge in [0.25, 0.3) is 5.91 Å². The minimum Gasteiger partial charge on any atom is -0.465 e. The monoisotopic (exact) mass is 374 g/mol. The quantitative estimate of drug-likeness (QED) is 0.585. The second-order valence-corrected chi connectivity index (χ2v) is 5.90. The van der Waals surface area contributed by atoms with Crippen LogP contribution in [0, 0.1) is 0 Å². The van der Waals surface area contributed by atoms with Crippen molar-refractivity contribution in [2.24, 2.45) is 0 Å². The molecule has 2 rings (SSSR count). The van der Waals surface area contributed by atoms with Gasteiger partial charge < -0.3 is 14.8 Å². The normalized spacial score (nSPS) is 10.1. The lowest BCUT2D eigenvalue weighted by Crippen LogP contribution is -2.28. The van der Waals surface area contributed by atoms with Gasteiger partial charge in [0.05, 0.1) is 18.2 Å². The van der Waals surface area contributed by atoms with Crippen molar-refractivity contribution < 1.29 is 23.9 Å². The van der Waals surface area contributed by atoms with Crippen LogP contribution in [0.3, 0.4) is 0 Å². The van der Waals surface area contributed by atoms with Gasteiger partial charge in [-0.05, 0) is 36.1 Å². The van der Waals surface area contributed by atoms with Crippen LogP contribution in [-0.4, -0.2) is 42.8 Å². The molecule has 0 aliphatic rings. The molecule has 136 valence electrons. The molecule has 0 atom stereocenters. The summed E-state index contributed by atoms with van der Waals surface area (Å²) in [5.74, 6) is -1.45. The van der Waals surface area contributed by atoms with Gasteiger partial charge in [0.15, 0.2) is 6.61 Å². The zero-order valence-corrected chi connectivity index (χ0v) is 15.2. The predicted molar refractivity (Wildman–Crippen MR) is 95.9 cm³/mol. The number of carbonyl (C=O) groups is 3. The van der Waals surface area contributed by atoms with Gasteiger partial charge in [-0.3, -0.25) is 4.79 Å². The van der Waals surface area contributed by atoms with Gasteiger partial charge in [-0.15, -0.1) is 11.8 Å². The van der Waals surface area contributed by atoms with Crippen LogP contribution in [0.5, 0.6) is 0 Å². The summed E-state index contributed by atoms with van der Waals surface area (Å²) in [6.07, 6.45) is 3.39. The van der Waals surface area contributed by atoms with Crippen LogP contribution in [-0.2, 0) is 20.8 Å². The molecule has 0 unspecified atom stereocenters. The van der Waals surface area contributed by atoms with Crippen LogP contribution >= 0.6 is 11.8 Å². The van der Waals surface area contributed by atoms with E-state index in [2.05, 4.69) is 15.0 Å². The van der Waals surface area contributed by atoms with Crippen LogP contribution in [0.15, 0.2) is 47.6 Å². The number of carbonyl (C=O) groups excluding carboxylic acids is 3. The molecule has 1 aromatic heterocycles. The van der Waals surface area contributed by atoms with Gasteiger partial charge in [0, 0.05) is 12.7 Å². The Morgan fingerprint density at radius 3 is 2.50 bits per heavy atom. The number of methoxy groups -OCH3 is 1. The van der Waals surface area contributed by atoms with E-state index >= 15 is 0 Å². The molecule has 2 aromatic rings. The third-order valence-electron chi connectivity index (χ3n) is 3.38. The first-order valence-corrected chi connectivity index (χ1v) is 8.87. The Bertz CT molecular complexity index is 792. The number of amides is 1. The number of esters is 2. The van der Waals surface area contributed by atoms with Crippen LogP contribution in [0.2, 0.25) is 0 Å². The highest BCUT2D eigenvalue weighted by molar-refractivity contribution is 7.98. The van der Waals surface area contributed by atoms with E-state index < -0.39 is 17.8 Å². The van der Waals surface area contributed by atoms with Crippen molar-refractivity contribution in [2.75, 3.05) is 20.0 Å². The zero-order chi connectivity index (χ0) is 18.9. The van der Waals surface area contributed by atoms with Crippen LogP contribution in [0.1, 0.15) is 26.3 Å². The molecule has 0 saturated heterocycles. The highest BCUT2D eigenvalue weighted by Crippen LogP contribution is 2.17. The highest BCUT2D eigenvalue weighted by Gasteiger charge is 2.14. The van der Waals surface area contributed by atoms with Crippen molar-refractivity contribution in [2.45, 2.75) is 11.6 Å². The Morgan fingerprint density at radius 1 is 1.12 bits per heavy atom. The summed E-state index contributed by atoms with van der Waals surface area (Å²) in [6, 6.07) is 9.87. The molecule has 1 amide bonds. The summed E-state index contributed by atoms with van der Waals surface area (Å²) in [7, 11) is 1.31. The summed E-state index contributed by atoms with van der Waals surface area (Å²) >= 11 is 1.32. The number of pyridine rings is 1. The predicted octanol–water partition coefficient (Wildman–Crippen LogP) is 2.06. The maximum atomic E-state index is 12.0. The molecule has 7 nitrogen and oxygen atoms in total. The lowest BCUT2D eigenvalue weighted by atomic mass is 10.1. The van der Waals surface area contributed by atoms with Gasteiger partial charge in [0.1, 0.15) is 5.03 Å². The molecule has 1 N–H and O–H groups in total. The van der Waals surface area contributed by atoms with Gasteiger partial charge in [0.2, 0.25) is 0 Å². The van der Waals surface area contributed by atoms with E-state index in [1.807, 2.05) is 0 Å². The SMILES string of the molecule is COC(=O)c1ccc(CNC(=O)COC(=O)c2cccnc2SC)cc1. The maximum Gasteiger partial charge on any atom is 0.341 e. The number of hydrogen-bond acceptors (Lipinski definition) is 7. The second kappa shape index (κ2) is 9.57. The molecule has 26 heavy (non-hydrogen) atoms. The van der Waals surface area contributed by atoms with Crippen molar-refractivity contribution in [1.29, 1.82) is 0 Å². The van der Waals surface area contributed by atoms with Crippen molar-refractivity contribution in [3.8, 4) is 0 Å². The van der Waals surface area contributed by atoms with Crippen molar-refractivity contribution in [3.63, 3.8) is 0 Å². The Hall–Kier alpha value is -2.87. The fraction of sp³-hybridized carbons (Fsp3) is 0.222. The van der Waals surface area contributed by atoms with Gasteiger partial charge in [-0.25, -0.2) is 14.6 Å². The van der Waals surface area contributed by atoms with E-state index in [-0.39, 0.29) is 13.2 Å². The lowest BCUT2D eigenvalue weighted by molar-refractivity contribution is -0.124. The molecule has 0 spiro atoms. The Balaban J connectivity index is 1.82.